The molecule has 2 heterocycles. The van der Waals surface area contributed by atoms with Crippen molar-refractivity contribution in [1.82, 2.24) is 4.90 Å². The second kappa shape index (κ2) is 19.3. The van der Waals surface area contributed by atoms with Crippen LogP contribution < -0.4 is 0 Å². The predicted molar refractivity (Wildman–Crippen MR) is 137 cm³/mol. The standard InChI is InChI=1S/C21H25NO3.C4H8O.C3H4O4/c23-20(24)13-16-22-14-11-19(12-15-22)25-21(17-7-3-1-4-8-17)18-9-5-2-6-10-18;1-2-4-5-3-1;1-2-3-5-7-6-4/h1-10,19,21H,11-16H2,(H,23,24);1-4H2;1,4H,3H2. The Hall–Kier alpha value is -2.81. The minimum absolute atomic E-state index is 0.0550. The molecule has 4 rings (SSSR count). The largest absolute Gasteiger partial charge is 0.481 e. The van der Waals surface area contributed by atoms with Gasteiger partial charge in [0.2, 0.25) is 0 Å². The highest BCUT2D eigenvalue weighted by molar-refractivity contribution is 5.66. The summed E-state index contributed by atoms with van der Waals surface area (Å²) in [5.41, 5.74) is 2.34. The van der Waals surface area contributed by atoms with Gasteiger partial charge in [-0.1, -0.05) is 66.6 Å². The lowest BCUT2D eigenvalue weighted by Crippen LogP contribution is -2.38. The number of hydrogen-bond donors (Lipinski definition) is 2. The van der Waals surface area contributed by atoms with Crippen molar-refractivity contribution >= 4 is 5.97 Å². The van der Waals surface area contributed by atoms with E-state index in [9.17, 15) is 4.79 Å². The molecule has 0 aliphatic carbocycles. The fraction of sp³-hybridized carbons (Fsp3) is 0.464. The number of likely N-dealkylation sites (tertiary alicyclic amines) is 1. The number of aliphatic carboxylic acids is 1. The molecular formula is C28H37NO8. The van der Waals surface area contributed by atoms with Gasteiger partial charge in [0.05, 0.1) is 12.5 Å². The van der Waals surface area contributed by atoms with Crippen LogP contribution in [0.25, 0.3) is 0 Å². The maximum absolute atomic E-state index is 10.7. The van der Waals surface area contributed by atoms with Crippen LogP contribution in [-0.4, -0.2) is 66.8 Å². The van der Waals surface area contributed by atoms with Crippen molar-refractivity contribution in [1.29, 1.82) is 0 Å². The van der Waals surface area contributed by atoms with Gasteiger partial charge < -0.3 is 19.5 Å². The zero-order valence-corrected chi connectivity index (χ0v) is 21.1. The maximum Gasteiger partial charge on any atom is 0.304 e. The SMILES string of the molecule is C#CCOOOO.C1CCOC1.O=C(O)CCN1CCC(OC(c2ccccc2)c2ccccc2)CC1. The number of benzene rings is 2. The maximum atomic E-state index is 10.7. The van der Waals surface area contributed by atoms with E-state index in [1.807, 2.05) is 36.4 Å². The van der Waals surface area contributed by atoms with E-state index in [1.54, 1.807) is 0 Å². The highest BCUT2D eigenvalue weighted by atomic mass is 17.6. The zero-order chi connectivity index (χ0) is 26.6. The number of ether oxygens (including phenoxy) is 2. The van der Waals surface area contributed by atoms with Crippen molar-refractivity contribution < 1.29 is 39.6 Å². The van der Waals surface area contributed by atoms with Gasteiger partial charge in [0.1, 0.15) is 12.7 Å². The van der Waals surface area contributed by atoms with Gasteiger partial charge in [-0.3, -0.25) is 4.79 Å². The summed E-state index contributed by atoms with van der Waals surface area (Å²) in [6.07, 6.45) is 9.47. The molecular weight excluding hydrogens is 478 g/mol. The van der Waals surface area contributed by atoms with E-state index in [4.69, 9.17) is 19.8 Å². The Bertz CT molecular complexity index is 831. The highest BCUT2D eigenvalue weighted by Crippen LogP contribution is 2.29. The van der Waals surface area contributed by atoms with Crippen LogP contribution in [0.5, 0.6) is 0 Å². The highest BCUT2D eigenvalue weighted by Gasteiger charge is 2.24. The number of carboxylic acids is 1. The van der Waals surface area contributed by atoms with Crippen LogP contribution >= 0.6 is 0 Å². The lowest BCUT2D eigenvalue weighted by atomic mass is 10.00. The molecule has 2 fully saturated rings. The second-order valence-corrected chi connectivity index (χ2v) is 8.45. The minimum Gasteiger partial charge on any atom is -0.481 e. The summed E-state index contributed by atoms with van der Waals surface area (Å²) in [6.45, 7) is 4.37. The first-order valence-electron chi connectivity index (χ1n) is 12.4. The summed E-state index contributed by atoms with van der Waals surface area (Å²) >= 11 is 0. The van der Waals surface area contributed by atoms with E-state index in [2.05, 4.69) is 56.5 Å². The molecule has 0 radical (unpaired) electrons. The Morgan fingerprint density at radius 2 is 1.59 bits per heavy atom. The number of rotatable bonds is 10. The van der Waals surface area contributed by atoms with Gasteiger partial charge in [0.15, 0.2) is 0 Å². The van der Waals surface area contributed by atoms with E-state index in [0.717, 1.165) is 39.1 Å². The van der Waals surface area contributed by atoms with Crippen LogP contribution in [0.1, 0.15) is 49.3 Å². The van der Waals surface area contributed by atoms with Gasteiger partial charge in [-0.05, 0) is 46.9 Å². The Labute approximate surface area is 218 Å². The summed E-state index contributed by atoms with van der Waals surface area (Å²) in [5.74, 6) is 1.33. The molecule has 2 aliphatic rings. The zero-order valence-electron chi connectivity index (χ0n) is 21.1. The first-order valence-corrected chi connectivity index (χ1v) is 12.4. The Morgan fingerprint density at radius 3 is 2.03 bits per heavy atom. The van der Waals surface area contributed by atoms with Crippen molar-refractivity contribution in [2.45, 2.75) is 44.3 Å². The van der Waals surface area contributed by atoms with Gasteiger partial charge >= 0.3 is 5.97 Å². The third kappa shape index (κ3) is 13.3. The molecule has 0 aromatic heterocycles. The van der Waals surface area contributed by atoms with Crippen LogP contribution in [0, 0.1) is 12.3 Å². The monoisotopic (exact) mass is 515 g/mol. The number of nitrogens with zero attached hydrogens (tertiary/aromatic N) is 1. The Kier molecular flexibility index (Phi) is 15.9. The van der Waals surface area contributed by atoms with Crippen LogP contribution in [-0.2, 0) is 29.2 Å². The number of terminal acetylenes is 1. The first-order chi connectivity index (χ1) is 18.1. The van der Waals surface area contributed by atoms with E-state index >= 15 is 0 Å². The Morgan fingerprint density at radius 1 is 1.03 bits per heavy atom. The van der Waals surface area contributed by atoms with Gasteiger partial charge in [0.25, 0.3) is 0 Å². The van der Waals surface area contributed by atoms with Gasteiger partial charge in [-0.25, -0.2) is 5.26 Å². The summed E-state index contributed by atoms with van der Waals surface area (Å²) in [5, 5.41) is 22.7. The van der Waals surface area contributed by atoms with Crippen molar-refractivity contribution in [3.8, 4) is 12.3 Å². The average molecular weight is 516 g/mol. The van der Waals surface area contributed by atoms with E-state index < -0.39 is 5.97 Å². The number of carbonyl (C=O) groups is 1. The van der Waals surface area contributed by atoms with Gasteiger partial charge in [0, 0.05) is 32.8 Å². The topological polar surface area (TPSA) is 107 Å². The summed E-state index contributed by atoms with van der Waals surface area (Å²) < 4.78 is 11.4. The quantitative estimate of drug-likeness (QED) is 0.205. The molecule has 9 nitrogen and oxygen atoms in total. The third-order valence-corrected chi connectivity index (χ3v) is 5.76. The molecule has 37 heavy (non-hydrogen) atoms. The molecule has 0 saturated carbocycles. The van der Waals surface area contributed by atoms with Crippen molar-refractivity contribution in [3.05, 3.63) is 71.8 Å². The predicted octanol–water partition coefficient (Wildman–Crippen LogP) is 4.50. The van der Waals surface area contributed by atoms with Crippen LogP contribution in [0.15, 0.2) is 60.7 Å². The van der Waals surface area contributed by atoms with Crippen LogP contribution in [0.2, 0.25) is 0 Å². The molecule has 0 atom stereocenters. The molecule has 2 aromatic rings. The normalized spacial score (nSPS) is 15.7. The molecule has 9 heteroatoms. The summed E-state index contributed by atoms with van der Waals surface area (Å²) in [4.78, 5) is 16.9. The first kappa shape index (κ1) is 30.4. The van der Waals surface area contributed by atoms with Gasteiger partial charge in [-0.15, -0.1) is 6.42 Å². The summed E-state index contributed by atoms with van der Waals surface area (Å²) in [6, 6.07) is 20.7. The molecule has 2 N–H and O–H groups in total. The van der Waals surface area contributed by atoms with Gasteiger partial charge in [-0.2, -0.15) is 4.89 Å². The van der Waals surface area contributed by atoms with Crippen LogP contribution in [0.4, 0.5) is 0 Å². The van der Waals surface area contributed by atoms with Crippen molar-refractivity contribution in [2.24, 2.45) is 0 Å². The van der Waals surface area contributed by atoms with Crippen molar-refractivity contribution in [3.63, 3.8) is 0 Å². The average Bonchev–Trinajstić information content (AvgIpc) is 3.53. The fourth-order valence-electron chi connectivity index (χ4n) is 3.91. The second-order valence-electron chi connectivity index (χ2n) is 8.45. The molecule has 0 unspecified atom stereocenters. The van der Waals surface area contributed by atoms with E-state index in [0.29, 0.717) is 6.54 Å². The molecule has 0 spiro atoms. The lowest BCUT2D eigenvalue weighted by molar-refractivity contribution is -0.620. The fourth-order valence-corrected chi connectivity index (χ4v) is 3.91. The molecule has 2 aliphatic heterocycles. The lowest BCUT2D eigenvalue weighted by Gasteiger charge is -2.34. The number of hydrogen-bond acceptors (Lipinski definition) is 8. The Balaban J connectivity index is 0.000000330. The van der Waals surface area contributed by atoms with Crippen molar-refractivity contribution in [2.75, 3.05) is 39.5 Å². The molecule has 0 bridgehead atoms. The minimum atomic E-state index is -0.730. The number of piperidine rings is 1. The van der Waals surface area contributed by atoms with E-state index in [-0.39, 0.29) is 25.2 Å². The van der Waals surface area contributed by atoms with E-state index in [1.165, 1.54) is 24.0 Å². The smallest absolute Gasteiger partial charge is 0.304 e. The summed E-state index contributed by atoms with van der Waals surface area (Å²) in [7, 11) is 0. The molecule has 202 valence electrons. The molecule has 2 aromatic carbocycles. The number of carboxylic acid groups (broad SMARTS) is 1. The molecule has 2 saturated heterocycles. The molecule has 0 amide bonds. The van der Waals surface area contributed by atoms with Crippen LogP contribution in [0.3, 0.4) is 0 Å². The third-order valence-electron chi connectivity index (χ3n) is 5.76.